The van der Waals surface area contributed by atoms with Gasteiger partial charge in [-0.2, -0.15) is 0 Å². The zero-order valence-electron chi connectivity index (χ0n) is 75.9. The summed E-state index contributed by atoms with van der Waals surface area (Å²) in [7, 11) is 0. The number of para-hydroxylation sites is 12. The Morgan fingerprint density at radius 1 is 0.106 bits per heavy atom. The molecule has 12 nitrogen and oxygen atoms in total. The molecule has 0 amide bonds. The van der Waals surface area contributed by atoms with E-state index < -0.39 is 0 Å². The molecule has 13 aromatic heterocycles. The summed E-state index contributed by atoms with van der Waals surface area (Å²) in [5, 5.41) is 23.6. The van der Waals surface area contributed by atoms with Crippen LogP contribution in [0, 0.1) is 0 Å². The minimum absolute atomic E-state index is 0.735. The molecule has 34 rings (SSSR count). The van der Waals surface area contributed by atoms with E-state index in [-0.39, 0.29) is 0 Å². The molecular formula is C129H78N12. The Labute approximate surface area is 804 Å². The van der Waals surface area contributed by atoms with Crippen LogP contribution in [0.5, 0.6) is 0 Å². The van der Waals surface area contributed by atoms with Crippen molar-refractivity contribution >= 4 is 229 Å². The second-order valence-corrected chi connectivity index (χ2v) is 37.4. The zero-order valence-corrected chi connectivity index (χ0v) is 75.9. The van der Waals surface area contributed by atoms with Gasteiger partial charge in [0.25, 0.3) is 0 Å². The van der Waals surface area contributed by atoms with Crippen LogP contribution < -0.4 is 0 Å². The van der Waals surface area contributed by atoms with Crippen molar-refractivity contribution in [2.24, 2.45) is 0 Å². The fourth-order valence-corrected chi connectivity index (χ4v) is 23.9. The number of hydrogen-bond acceptors (Lipinski definition) is 3. The molecule has 0 unspecified atom stereocenters. The van der Waals surface area contributed by atoms with Crippen molar-refractivity contribution < 1.29 is 0 Å². The molecule has 0 aliphatic rings. The van der Waals surface area contributed by atoms with Gasteiger partial charge in [-0.25, -0.2) is 15.0 Å². The van der Waals surface area contributed by atoms with Crippen LogP contribution in [0.25, 0.3) is 281 Å². The summed E-state index contributed by atoms with van der Waals surface area (Å²) < 4.78 is 21.8. The van der Waals surface area contributed by atoms with Gasteiger partial charge in [0.2, 0.25) is 0 Å². The first kappa shape index (κ1) is 77.2. The van der Waals surface area contributed by atoms with Gasteiger partial charge in [-0.05, 0) is 255 Å². The fourth-order valence-electron chi connectivity index (χ4n) is 23.9. The smallest absolute Gasteiger partial charge is 0.145 e. The highest BCUT2D eigenvalue weighted by atomic mass is 15.1. The molecule has 6 bridgehead atoms. The maximum Gasteiger partial charge on any atom is 0.145 e. The van der Waals surface area contributed by atoms with Crippen LogP contribution in [0.1, 0.15) is 0 Å². The van der Waals surface area contributed by atoms with Crippen LogP contribution >= 0.6 is 0 Å². The Morgan fingerprint density at radius 2 is 0.234 bits per heavy atom. The Kier molecular flexibility index (Phi) is 16.2. The van der Waals surface area contributed by atoms with E-state index in [0.29, 0.717) is 0 Å². The molecule has 0 N–H and O–H groups in total. The SMILES string of the molecule is c1ccc2c(c1)c1ccccc1n2-c1ccc2c(c1)c1cc(-n3c4ccccc4c4ccccc43)ccc1n2-c1nc2ccc(cc2)c(-n2c3ccc(-n4c5ccccc5c5ccccc54)cc3c3cc(-n4c5ccccc5c5ccccc54)ccc32)nc2ccc(cc2)c(-n2c3ccc(-n4c5ccccc5c5ccccc54)cc3c3cc(-n4c5ccccc5c5ccccc54)ccc32)nc2ccc1cc2. The van der Waals surface area contributed by atoms with Crippen molar-refractivity contribution in [3.63, 3.8) is 0 Å². The lowest BCUT2D eigenvalue weighted by molar-refractivity contribution is 1.11. The third-order valence-electron chi connectivity index (χ3n) is 29.9. The molecule has 0 saturated heterocycles. The third kappa shape index (κ3) is 11.3. The van der Waals surface area contributed by atoms with Gasteiger partial charge < -0.3 is 27.4 Å². The largest absolute Gasteiger partial charge is 0.309 e. The monoisotopic (exact) mass is 1790 g/mol. The first-order chi connectivity index (χ1) is 69.9. The standard InChI is InChI=1S/C129H78N12/c1-13-37-109-91(25-1)92-26-2-14-38-110(92)133(109)85-61-67-121-103(73-85)104-74-86(134-111-39-15-3-27-93(111)94-28-4-16-40-112(94)134)62-68-122(104)139(121)127-79-49-55-83(56-50-79)131-129(141-125-71-65-89(137-117-45-21-9-33-99(117)100-34-10-22-46-118(100)137)77-107(125)108-78-90(66-72-126(108)141)138-119-47-23-11-35-101(119)102-36-12-24-48-120(102)138)81-53-59-84(60-54-81)132-128(80-51-57-82(130-127)58-52-80)140-123-69-63-87(135-113-41-17-5-29-95(113)96-30-6-18-42-114(96)135)75-105(123)106-76-88(64-70-124(106)140)136-115-43-19-7-31-97(115)98-32-8-20-44-116(98)136/h1-78H. The topological polar surface area (TPSA) is 83.0 Å². The predicted molar refractivity (Wildman–Crippen MR) is 588 cm³/mol. The number of rotatable bonds is 9. The van der Waals surface area contributed by atoms with Crippen molar-refractivity contribution in [1.29, 1.82) is 0 Å². The van der Waals surface area contributed by atoms with Gasteiger partial charge in [0.05, 0.1) is 116 Å². The number of hydrogen-bond donors (Lipinski definition) is 0. The van der Waals surface area contributed by atoms with Crippen LogP contribution in [0.2, 0.25) is 0 Å². The molecule has 0 aliphatic heterocycles. The second kappa shape index (κ2) is 29.7. The predicted octanol–water partition coefficient (Wildman–Crippen LogP) is 32.9. The van der Waals surface area contributed by atoms with Crippen molar-refractivity contribution in [1.82, 2.24) is 56.1 Å². The third-order valence-corrected chi connectivity index (χ3v) is 29.9. The summed E-state index contributed by atoms with van der Waals surface area (Å²) >= 11 is 0. The lowest BCUT2D eigenvalue weighted by Crippen LogP contribution is -2.00. The van der Waals surface area contributed by atoms with E-state index in [4.69, 9.17) is 15.0 Å². The normalized spacial score (nSPS) is 12.3. The number of benzene rings is 21. The first-order valence-electron chi connectivity index (χ1n) is 48.2. The summed E-state index contributed by atoms with van der Waals surface area (Å²) in [6, 6.07) is 174. The second-order valence-electron chi connectivity index (χ2n) is 37.4. The Bertz CT molecular complexity index is 9170. The quantitative estimate of drug-likeness (QED) is 0.144. The summed E-state index contributed by atoms with van der Waals surface area (Å²) in [5.74, 6) is 2.20. The molecule has 141 heavy (non-hydrogen) atoms. The maximum absolute atomic E-state index is 6.07. The highest BCUT2D eigenvalue weighted by Crippen LogP contribution is 2.47. The minimum Gasteiger partial charge on any atom is -0.309 e. The first-order valence-corrected chi connectivity index (χ1v) is 48.2. The highest BCUT2D eigenvalue weighted by molar-refractivity contribution is 6.20. The van der Waals surface area contributed by atoms with Gasteiger partial charge >= 0.3 is 0 Å². The molecule has 0 fully saturated rings. The molecule has 0 saturated carbocycles. The molecule has 34 aromatic rings. The van der Waals surface area contributed by atoms with Crippen molar-refractivity contribution in [3.8, 4) is 51.6 Å². The summed E-state index contributed by atoms with van der Waals surface area (Å²) in [6.07, 6.45) is 0. The molecule has 0 atom stereocenters. The maximum atomic E-state index is 6.07. The van der Waals surface area contributed by atoms with Crippen molar-refractivity contribution in [2.45, 2.75) is 0 Å². The molecule has 21 aromatic carbocycles. The van der Waals surface area contributed by atoms with E-state index in [1.807, 2.05) is 0 Å². The molecule has 0 aliphatic carbocycles. The highest BCUT2D eigenvalue weighted by Gasteiger charge is 2.27. The summed E-state index contributed by atoms with van der Waals surface area (Å²) in [5.41, 5.74) is 28.2. The molecule has 13 heterocycles. The molecular weight excluding hydrogens is 1720 g/mol. The van der Waals surface area contributed by atoms with Gasteiger partial charge in [0, 0.05) is 147 Å². The summed E-state index contributed by atoms with van der Waals surface area (Å²) in [4.78, 5) is 18.2. The minimum atomic E-state index is 0.735. The zero-order chi connectivity index (χ0) is 91.9. The van der Waals surface area contributed by atoms with E-state index in [1.165, 1.54) is 64.6 Å². The fraction of sp³-hybridized carbons (Fsp3) is 0. The average Bonchev–Trinajstić information content (AvgIpc) is 1.56. The Hall–Kier alpha value is -19.2. The molecule has 0 spiro atoms. The van der Waals surface area contributed by atoms with Crippen molar-refractivity contribution in [2.75, 3.05) is 0 Å². The molecule has 654 valence electrons. The molecule has 12 heteroatoms. The average molecular weight is 1800 g/mol. The van der Waals surface area contributed by atoms with Gasteiger partial charge in [-0.1, -0.05) is 218 Å². The van der Waals surface area contributed by atoms with Crippen LogP contribution in [-0.2, 0) is 0 Å². The van der Waals surface area contributed by atoms with Crippen LogP contribution in [0.3, 0.4) is 0 Å². The van der Waals surface area contributed by atoms with Gasteiger partial charge in [-0.15, -0.1) is 0 Å². The van der Waals surface area contributed by atoms with Crippen LogP contribution in [-0.4, -0.2) is 56.1 Å². The lowest BCUT2D eigenvalue weighted by Gasteiger charge is -2.12. The van der Waals surface area contributed by atoms with Gasteiger partial charge in [0.15, 0.2) is 0 Å². The van der Waals surface area contributed by atoms with Crippen molar-refractivity contribution in [3.05, 3.63) is 473 Å². The van der Waals surface area contributed by atoms with E-state index in [2.05, 4.69) is 514 Å². The number of aromatic nitrogens is 12. The Balaban J connectivity index is 0.693. The number of fused-ring (bicyclic) bond motifs is 30. The lowest BCUT2D eigenvalue weighted by atomic mass is 10.1. The number of nitrogens with zero attached hydrogens (tertiary/aromatic N) is 12. The van der Waals surface area contributed by atoms with Crippen LogP contribution in [0.4, 0.5) is 0 Å². The van der Waals surface area contributed by atoms with Gasteiger partial charge in [0.1, 0.15) is 17.5 Å². The van der Waals surface area contributed by atoms with E-state index in [9.17, 15) is 0 Å². The summed E-state index contributed by atoms with van der Waals surface area (Å²) in [6.45, 7) is 0. The van der Waals surface area contributed by atoms with E-state index in [0.717, 1.165) is 216 Å². The molecule has 0 radical (unpaired) electrons. The van der Waals surface area contributed by atoms with Crippen LogP contribution in [0.15, 0.2) is 473 Å². The Morgan fingerprint density at radius 3 is 0.376 bits per heavy atom. The van der Waals surface area contributed by atoms with Gasteiger partial charge in [-0.3, -0.25) is 13.7 Å². The van der Waals surface area contributed by atoms with E-state index >= 15 is 0 Å². The van der Waals surface area contributed by atoms with E-state index in [1.54, 1.807) is 0 Å².